The molecule has 6 heteroatoms. The van der Waals surface area contributed by atoms with Gasteiger partial charge < -0.3 is 19.8 Å². The minimum atomic E-state index is -0.745. The third-order valence-electron chi connectivity index (χ3n) is 2.88. The van der Waals surface area contributed by atoms with Crippen LogP contribution in [0, 0.1) is 0 Å². The van der Waals surface area contributed by atoms with Gasteiger partial charge in [0.15, 0.2) is 11.5 Å². The van der Waals surface area contributed by atoms with Crippen LogP contribution in [0.2, 0.25) is 0 Å². The second kappa shape index (κ2) is 9.44. The summed E-state index contributed by atoms with van der Waals surface area (Å²) in [5.74, 6) is -0.141. The molecule has 0 aliphatic rings. The summed E-state index contributed by atoms with van der Waals surface area (Å²) in [6.45, 7) is 1.58. The second-order valence-corrected chi connectivity index (χ2v) is 4.59. The Bertz CT molecular complexity index is 426. The van der Waals surface area contributed by atoms with Crippen LogP contribution in [0.25, 0.3) is 0 Å². The lowest BCUT2D eigenvalue weighted by Gasteiger charge is -2.17. The fourth-order valence-corrected chi connectivity index (χ4v) is 1.87. The predicted molar refractivity (Wildman–Crippen MR) is 79.7 cm³/mol. The summed E-state index contributed by atoms with van der Waals surface area (Å²) in [6, 6.07) is 5.28. The van der Waals surface area contributed by atoms with Gasteiger partial charge in [-0.25, -0.2) is 0 Å². The van der Waals surface area contributed by atoms with Gasteiger partial charge in [-0.1, -0.05) is 6.07 Å². The van der Waals surface area contributed by atoms with E-state index >= 15 is 0 Å². The molecule has 1 aromatic carbocycles. The smallest absolute Gasteiger partial charge is 0.303 e. The molecular weight excluding hydrogens is 282 g/mol. The fourth-order valence-electron chi connectivity index (χ4n) is 1.87. The topological polar surface area (TPSA) is 70.0 Å². The number of hydrogen-bond acceptors (Lipinski definition) is 4. The number of benzene rings is 1. The number of nitrogens with zero attached hydrogens (tertiary/aromatic N) is 1. The van der Waals surface area contributed by atoms with Crippen molar-refractivity contribution < 1.29 is 19.7 Å². The minimum Gasteiger partial charge on any atom is -0.504 e. The van der Waals surface area contributed by atoms with Gasteiger partial charge in [-0.15, -0.1) is 12.4 Å². The van der Waals surface area contributed by atoms with Crippen molar-refractivity contribution in [3.8, 4) is 11.5 Å². The highest BCUT2D eigenvalue weighted by atomic mass is 35.5. The Labute approximate surface area is 125 Å². The van der Waals surface area contributed by atoms with Gasteiger partial charge in [0.2, 0.25) is 0 Å². The van der Waals surface area contributed by atoms with Crippen molar-refractivity contribution in [3.63, 3.8) is 0 Å². The largest absolute Gasteiger partial charge is 0.504 e. The zero-order chi connectivity index (χ0) is 14.3. The predicted octanol–water partition coefficient (Wildman–Crippen LogP) is 2.51. The summed E-state index contributed by atoms with van der Waals surface area (Å²) in [4.78, 5) is 12.5. The molecule has 2 N–H and O–H groups in total. The van der Waals surface area contributed by atoms with Crippen LogP contribution in [0.3, 0.4) is 0 Å². The van der Waals surface area contributed by atoms with E-state index in [1.54, 1.807) is 6.07 Å². The number of ether oxygens (including phenoxy) is 1. The Morgan fingerprint density at radius 3 is 2.65 bits per heavy atom. The maximum atomic E-state index is 10.4. The quantitative estimate of drug-likeness (QED) is 0.722. The summed E-state index contributed by atoms with van der Waals surface area (Å²) in [5, 5.41) is 18.0. The van der Waals surface area contributed by atoms with Gasteiger partial charge in [0.25, 0.3) is 0 Å². The number of carboxylic acid groups (broad SMARTS) is 1. The van der Waals surface area contributed by atoms with Crippen LogP contribution in [-0.2, 0) is 11.3 Å². The van der Waals surface area contributed by atoms with E-state index in [9.17, 15) is 9.90 Å². The van der Waals surface area contributed by atoms with Gasteiger partial charge >= 0.3 is 5.97 Å². The third kappa shape index (κ3) is 6.63. The number of carbonyl (C=O) groups is 1. The molecule has 20 heavy (non-hydrogen) atoms. The van der Waals surface area contributed by atoms with Crippen molar-refractivity contribution >= 4 is 18.4 Å². The molecule has 114 valence electrons. The highest BCUT2D eigenvalue weighted by molar-refractivity contribution is 5.85. The first-order chi connectivity index (χ1) is 9.02. The summed E-state index contributed by atoms with van der Waals surface area (Å²) in [7, 11) is 3.51. The Hall–Kier alpha value is -1.46. The van der Waals surface area contributed by atoms with E-state index in [0.29, 0.717) is 12.2 Å². The molecule has 5 nitrogen and oxygen atoms in total. The first kappa shape index (κ1) is 18.5. The van der Waals surface area contributed by atoms with Crippen LogP contribution in [-0.4, -0.2) is 41.8 Å². The van der Waals surface area contributed by atoms with Crippen molar-refractivity contribution in [3.05, 3.63) is 23.8 Å². The molecule has 0 unspecified atom stereocenters. The van der Waals surface area contributed by atoms with Crippen molar-refractivity contribution in [1.29, 1.82) is 0 Å². The normalized spacial score (nSPS) is 10.2. The van der Waals surface area contributed by atoms with Gasteiger partial charge in [0, 0.05) is 13.0 Å². The number of hydrogen-bond donors (Lipinski definition) is 2. The van der Waals surface area contributed by atoms with Crippen molar-refractivity contribution in [2.24, 2.45) is 0 Å². The molecule has 0 bridgehead atoms. The van der Waals surface area contributed by atoms with Crippen LogP contribution >= 0.6 is 12.4 Å². The molecule has 0 spiro atoms. The van der Waals surface area contributed by atoms with E-state index in [2.05, 4.69) is 4.90 Å². The first-order valence-corrected chi connectivity index (χ1v) is 6.29. The molecule has 0 radical (unpaired) electrons. The molecule has 1 aromatic rings. The lowest BCUT2D eigenvalue weighted by Crippen LogP contribution is -2.19. The Balaban J connectivity index is 0.00000361. The van der Waals surface area contributed by atoms with E-state index in [0.717, 1.165) is 25.1 Å². The van der Waals surface area contributed by atoms with Gasteiger partial charge in [-0.2, -0.15) is 0 Å². The monoisotopic (exact) mass is 303 g/mol. The molecule has 1 rings (SSSR count). The van der Waals surface area contributed by atoms with Crippen molar-refractivity contribution in [1.82, 2.24) is 4.90 Å². The second-order valence-electron chi connectivity index (χ2n) is 4.59. The molecule has 0 aliphatic heterocycles. The van der Waals surface area contributed by atoms with E-state index in [4.69, 9.17) is 9.84 Å². The van der Waals surface area contributed by atoms with Crippen LogP contribution in [0.4, 0.5) is 0 Å². The number of phenolic OH excluding ortho intramolecular Hbond substituents is 1. The van der Waals surface area contributed by atoms with Gasteiger partial charge in [0.05, 0.1) is 7.11 Å². The highest BCUT2D eigenvalue weighted by Gasteiger charge is 2.05. The molecular formula is C14H22ClNO4. The molecule has 0 atom stereocenters. The maximum Gasteiger partial charge on any atom is 0.303 e. The number of unbranched alkanes of at least 4 members (excludes halogenated alkanes) is 1. The van der Waals surface area contributed by atoms with Gasteiger partial charge in [-0.3, -0.25) is 4.79 Å². The van der Waals surface area contributed by atoms with E-state index in [1.165, 1.54) is 7.11 Å². The number of rotatable bonds is 8. The fraction of sp³-hybridized carbons (Fsp3) is 0.500. The highest BCUT2D eigenvalue weighted by Crippen LogP contribution is 2.26. The molecule has 0 saturated heterocycles. The Morgan fingerprint density at radius 1 is 1.35 bits per heavy atom. The summed E-state index contributed by atoms with van der Waals surface area (Å²) in [6.07, 6.45) is 1.78. The molecule has 0 fully saturated rings. The molecule has 0 aliphatic carbocycles. The van der Waals surface area contributed by atoms with Crippen LogP contribution in [0.1, 0.15) is 24.8 Å². The maximum absolute atomic E-state index is 10.4. The minimum absolute atomic E-state index is 0. The van der Waals surface area contributed by atoms with E-state index in [-0.39, 0.29) is 24.6 Å². The van der Waals surface area contributed by atoms with E-state index < -0.39 is 5.97 Å². The number of aliphatic carboxylic acids is 1. The lowest BCUT2D eigenvalue weighted by molar-refractivity contribution is -0.137. The molecule has 0 heterocycles. The third-order valence-corrected chi connectivity index (χ3v) is 2.88. The number of halogens is 1. The average Bonchev–Trinajstić information content (AvgIpc) is 2.37. The summed E-state index contributed by atoms with van der Waals surface area (Å²) in [5.41, 5.74) is 1.05. The summed E-state index contributed by atoms with van der Waals surface area (Å²) >= 11 is 0. The van der Waals surface area contributed by atoms with E-state index in [1.807, 2.05) is 19.2 Å². The zero-order valence-corrected chi connectivity index (χ0v) is 12.7. The first-order valence-electron chi connectivity index (χ1n) is 6.29. The Kier molecular flexibility index (Phi) is 8.76. The Morgan fingerprint density at radius 2 is 2.05 bits per heavy atom. The van der Waals surface area contributed by atoms with Crippen molar-refractivity contribution in [2.45, 2.75) is 25.8 Å². The van der Waals surface area contributed by atoms with Gasteiger partial charge in [-0.05, 0) is 44.1 Å². The molecule has 0 aromatic heterocycles. The van der Waals surface area contributed by atoms with Crippen LogP contribution in [0.15, 0.2) is 18.2 Å². The zero-order valence-electron chi connectivity index (χ0n) is 11.8. The number of phenols is 1. The number of aromatic hydroxyl groups is 1. The number of carboxylic acids is 1. The van der Waals surface area contributed by atoms with Crippen LogP contribution in [0.5, 0.6) is 11.5 Å². The lowest BCUT2D eigenvalue weighted by atomic mass is 10.1. The van der Waals surface area contributed by atoms with Crippen molar-refractivity contribution in [2.75, 3.05) is 20.7 Å². The van der Waals surface area contributed by atoms with Gasteiger partial charge in [0.1, 0.15) is 0 Å². The average molecular weight is 304 g/mol. The molecule has 0 amide bonds. The number of methoxy groups -OCH3 is 1. The summed E-state index contributed by atoms with van der Waals surface area (Å²) < 4.78 is 5.06. The van der Waals surface area contributed by atoms with Crippen LogP contribution < -0.4 is 4.74 Å². The standard InChI is InChI=1S/C14H21NO4.ClH/c1-15(8-4-3-5-14(17)18)10-11-6-7-12(16)13(9-11)19-2;/h6-7,9,16H,3-5,8,10H2,1-2H3,(H,17,18);1H. The molecule has 0 saturated carbocycles. The SMILES string of the molecule is COc1cc(CN(C)CCCCC(=O)O)ccc1O.Cl.